The molecule has 0 aliphatic heterocycles. The predicted molar refractivity (Wildman–Crippen MR) is 66.5 cm³/mol. The second-order valence-corrected chi connectivity index (χ2v) is 4.12. The molecule has 0 radical (unpaired) electrons. The summed E-state index contributed by atoms with van der Waals surface area (Å²) in [5.74, 6) is -2.08. The molecule has 6 heteroatoms. The normalized spacial score (nSPS) is 12.0. The van der Waals surface area contributed by atoms with Crippen LogP contribution in [-0.4, -0.2) is 18.4 Å². The van der Waals surface area contributed by atoms with E-state index in [1.54, 1.807) is 6.92 Å². The number of amides is 2. The molecule has 0 aromatic heterocycles. The van der Waals surface area contributed by atoms with Crippen molar-refractivity contribution < 1.29 is 14.0 Å². The second-order valence-electron chi connectivity index (χ2n) is 4.12. The molecule has 0 aliphatic rings. The Labute approximate surface area is 104 Å². The van der Waals surface area contributed by atoms with Crippen LogP contribution in [0.25, 0.3) is 0 Å². The van der Waals surface area contributed by atoms with Gasteiger partial charge in [0.15, 0.2) is 0 Å². The maximum atomic E-state index is 13.5. The van der Waals surface area contributed by atoms with E-state index >= 15 is 0 Å². The number of rotatable bonds is 4. The van der Waals surface area contributed by atoms with E-state index < -0.39 is 17.6 Å². The molecule has 0 saturated carbocycles. The zero-order valence-corrected chi connectivity index (χ0v) is 10.3. The molecule has 0 bridgehead atoms. The van der Waals surface area contributed by atoms with Gasteiger partial charge in [-0.05, 0) is 19.1 Å². The summed E-state index contributed by atoms with van der Waals surface area (Å²) in [4.78, 5) is 22.7. The van der Waals surface area contributed by atoms with Crippen molar-refractivity contribution in [1.29, 1.82) is 0 Å². The molecule has 1 atom stereocenters. The number of anilines is 1. The van der Waals surface area contributed by atoms with E-state index in [4.69, 9.17) is 11.5 Å². The maximum absolute atomic E-state index is 13.5. The van der Waals surface area contributed by atoms with E-state index in [9.17, 15) is 14.0 Å². The number of primary amides is 1. The molecular formula is C12H16FN3O2. The molecular weight excluding hydrogens is 237 g/mol. The fourth-order valence-electron chi connectivity index (χ4n) is 1.31. The van der Waals surface area contributed by atoms with E-state index in [0.717, 1.165) is 6.07 Å². The van der Waals surface area contributed by atoms with Crippen LogP contribution in [0.15, 0.2) is 12.1 Å². The van der Waals surface area contributed by atoms with Gasteiger partial charge in [0.25, 0.3) is 0 Å². The molecule has 98 valence electrons. The van der Waals surface area contributed by atoms with E-state index in [2.05, 4.69) is 5.32 Å². The highest BCUT2D eigenvalue weighted by Crippen LogP contribution is 2.21. The first kappa shape index (κ1) is 14.1. The average Bonchev–Trinajstić information content (AvgIpc) is 2.33. The molecule has 1 unspecified atom stereocenters. The smallest absolute Gasteiger partial charge is 0.248 e. The van der Waals surface area contributed by atoms with E-state index in [1.807, 2.05) is 0 Å². The Morgan fingerprint density at radius 2 is 2.06 bits per heavy atom. The third kappa shape index (κ3) is 3.04. The number of nitrogens with two attached hydrogens (primary N) is 2. The molecule has 1 rings (SSSR count). The Hall–Kier alpha value is -1.95. The summed E-state index contributed by atoms with van der Waals surface area (Å²) >= 11 is 0. The van der Waals surface area contributed by atoms with Crippen LogP contribution in [-0.2, 0) is 4.79 Å². The van der Waals surface area contributed by atoms with Crippen LogP contribution in [0.1, 0.15) is 22.8 Å². The largest absolute Gasteiger partial charge is 0.366 e. The van der Waals surface area contributed by atoms with Crippen molar-refractivity contribution >= 4 is 17.5 Å². The van der Waals surface area contributed by atoms with Crippen molar-refractivity contribution in [3.8, 4) is 0 Å². The first-order valence-electron chi connectivity index (χ1n) is 5.47. The highest BCUT2D eigenvalue weighted by molar-refractivity contribution is 5.97. The number of carbonyl (C=O) groups excluding carboxylic acids is 2. The Morgan fingerprint density at radius 1 is 1.44 bits per heavy atom. The Balaban J connectivity index is 3.08. The molecule has 1 aromatic carbocycles. The van der Waals surface area contributed by atoms with Gasteiger partial charge in [0.2, 0.25) is 11.8 Å². The van der Waals surface area contributed by atoms with Gasteiger partial charge in [-0.1, -0.05) is 6.92 Å². The fourth-order valence-corrected chi connectivity index (χ4v) is 1.31. The molecule has 1 aromatic rings. The van der Waals surface area contributed by atoms with Crippen molar-refractivity contribution in [1.82, 2.24) is 0 Å². The first-order chi connectivity index (χ1) is 8.36. The lowest BCUT2D eigenvalue weighted by molar-refractivity contribution is -0.119. The minimum Gasteiger partial charge on any atom is -0.366 e. The average molecular weight is 253 g/mol. The third-order valence-electron chi connectivity index (χ3n) is 2.69. The monoisotopic (exact) mass is 253 g/mol. The number of hydrogen-bond donors (Lipinski definition) is 3. The highest BCUT2D eigenvalue weighted by Gasteiger charge is 2.15. The van der Waals surface area contributed by atoms with Gasteiger partial charge in [-0.3, -0.25) is 9.59 Å². The van der Waals surface area contributed by atoms with Crippen molar-refractivity contribution in [2.75, 3.05) is 11.9 Å². The summed E-state index contributed by atoms with van der Waals surface area (Å²) in [5.41, 5.74) is 10.9. The molecule has 2 amide bonds. The Bertz CT molecular complexity index is 488. The minimum absolute atomic E-state index is 0.00815. The number of benzene rings is 1. The lowest BCUT2D eigenvalue weighted by Gasteiger charge is -2.13. The third-order valence-corrected chi connectivity index (χ3v) is 2.69. The summed E-state index contributed by atoms with van der Waals surface area (Å²) in [6, 6.07) is 2.39. The standard InChI is InChI=1S/C12H16FN3O2/c1-6(5-14)12(18)16-10-4-8(11(15)17)3-9(13)7(10)2/h3-4,6H,5,14H2,1-2H3,(H2,15,17)(H,16,18). The van der Waals surface area contributed by atoms with Crippen LogP contribution in [0.4, 0.5) is 10.1 Å². The quantitative estimate of drug-likeness (QED) is 0.739. The van der Waals surface area contributed by atoms with Gasteiger partial charge in [0.1, 0.15) is 5.82 Å². The lowest BCUT2D eigenvalue weighted by atomic mass is 10.1. The van der Waals surface area contributed by atoms with E-state index in [0.29, 0.717) is 0 Å². The van der Waals surface area contributed by atoms with Crippen molar-refractivity contribution in [2.24, 2.45) is 17.4 Å². The van der Waals surface area contributed by atoms with Gasteiger partial charge in [-0.25, -0.2) is 4.39 Å². The zero-order valence-electron chi connectivity index (χ0n) is 10.3. The SMILES string of the molecule is Cc1c(F)cc(C(N)=O)cc1NC(=O)C(C)CN. The van der Waals surface area contributed by atoms with Gasteiger partial charge in [-0.15, -0.1) is 0 Å². The van der Waals surface area contributed by atoms with Crippen molar-refractivity contribution in [3.63, 3.8) is 0 Å². The van der Waals surface area contributed by atoms with Crippen LogP contribution < -0.4 is 16.8 Å². The summed E-state index contributed by atoms with van der Waals surface area (Å²) < 4.78 is 13.5. The van der Waals surface area contributed by atoms with Gasteiger partial charge in [-0.2, -0.15) is 0 Å². The zero-order chi connectivity index (χ0) is 13.9. The van der Waals surface area contributed by atoms with Crippen LogP contribution >= 0.6 is 0 Å². The molecule has 0 saturated heterocycles. The summed E-state index contributed by atoms with van der Waals surface area (Å²) in [6.07, 6.45) is 0. The molecule has 5 N–H and O–H groups in total. The number of nitrogens with one attached hydrogen (secondary N) is 1. The predicted octanol–water partition coefficient (Wildman–Crippen LogP) is 0.766. The summed E-state index contributed by atoms with van der Waals surface area (Å²) in [5, 5.41) is 2.53. The number of hydrogen-bond acceptors (Lipinski definition) is 3. The Kier molecular flexibility index (Phi) is 4.38. The molecule has 5 nitrogen and oxygen atoms in total. The van der Waals surface area contributed by atoms with Gasteiger partial charge >= 0.3 is 0 Å². The fraction of sp³-hybridized carbons (Fsp3) is 0.333. The van der Waals surface area contributed by atoms with E-state index in [1.165, 1.54) is 13.0 Å². The van der Waals surface area contributed by atoms with Crippen molar-refractivity contribution in [3.05, 3.63) is 29.1 Å². The van der Waals surface area contributed by atoms with Crippen molar-refractivity contribution in [2.45, 2.75) is 13.8 Å². The Morgan fingerprint density at radius 3 is 2.56 bits per heavy atom. The lowest BCUT2D eigenvalue weighted by Crippen LogP contribution is -2.27. The molecule has 0 spiro atoms. The minimum atomic E-state index is -0.753. The van der Waals surface area contributed by atoms with Crippen LogP contribution in [0, 0.1) is 18.7 Å². The number of carbonyl (C=O) groups is 2. The van der Waals surface area contributed by atoms with Gasteiger partial charge in [0.05, 0.1) is 0 Å². The molecule has 0 aliphatic carbocycles. The van der Waals surface area contributed by atoms with E-state index in [-0.39, 0.29) is 29.3 Å². The molecule has 0 heterocycles. The summed E-state index contributed by atoms with van der Waals surface area (Å²) in [7, 11) is 0. The topological polar surface area (TPSA) is 98.2 Å². The highest BCUT2D eigenvalue weighted by atomic mass is 19.1. The second kappa shape index (κ2) is 5.59. The maximum Gasteiger partial charge on any atom is 0.248 e. The van der Waals surface area contributed by atoms with Gasteiger partial charge in [0, 0.05) is 29.3 Å². The van der Waals surface area contributed by atoms with Crippen LogP contribution in [0.5, 0.6) is 0 Å². The molecule has 0 fully saturated rings. The number of halogens is 1. The summed E-state index contributed by atoms with van der Waals surface area (Å²) in [6.45, 7) is 3.34. The first-order valence-corrected chi connectivity index (χ1v) is 5.47. The van der Waals surface area contributed by atoms with Crippen LogP contribution in [0.3, 0.4) is 0 Å². The molecule has 18 heavy (non-hydrogen) atoms. The van der Waals surface area contributed by atoms with Crippen LogP contribution in [0.2, 0.25) is 0 Å². The van der Waals surface area contributed by atoms with Gasteiger partial charge < -0.3 is 16.8 Å².